The van der Waals surface area contributed by atoms with E-state index in [1.807, 2.05) is 24.1 Å². The van der Waals surface area contributed by atoms with Gasteiger partial charge in [0.2, 0.25) is 5.91 Å². The molecular weight excluding hydrogens is 314 g/mol. The maximum Gasteiger partial charge on any atom is 0.257 e. The Morgan fingerprint density at radius 2 is 1.87 bits per heavy atom. The Hall–Kier alpha value is -2.40. The number of halogens is 1. The number of hydrogen-bond donors (Lipinski definition) is 0. The third-order valence-electron chi connectivity index (χ3n) is 4.55. The number of rotatable bonds is 1. The van der Waals surface area contributed by atoms with E-state index in [0.717, 1.165) is 11.4 Å². The highest BCUT2D eigenvalue weighted by atomic mass is 35.5. The van der Waals surface area contributed by atoms with E-state index >= 15 is 0 Å². The van der Waals surface area contributed by atoms with Gasteiger partial charge in [-0.2, -0.15) is 0 Å². The number of carbonyl (C=O) groups is 2. The van der Waals surface area contributed by atoms with Crippen LogP contribution >= 0.6 is 11.6 Å². The van der Waals surface area contributed by atoms with Crippen molar-refractivity contribution in [2.45, 2.75) is 12.5 Å². The van der Waals surface area contributed by atoms with Gasteiger partial charge in [0.15, 0.2) is 0 Å². The standard InChI is InChI=1S/C17H14ClN3O2/c1-20-14-3-2-8-19-13(14)9-12-15(20)17(23)21(16(12)22)11-6-4-10(18)5-7-11/h2-8,12,15H,9H2,1H3/t12-,15+/m0/s1. The molecule has 2 atom stereocenters. The highest BCUT2D eigenvalue weighted by molar-refractivity contribution is 6.31. The highest BCUT2D eigenvalue weighted by Gasteiger charge is 2.52. The van der Waals surface area contributed by atoms with Crippen LogP contribution in [-0.4, -0.2) is 29.9 Å². The summed E-state index contributed by atoms with van der Waals surface area (Å²) in [5.41, 5.74) is 2.33. The number of carbonyl (C=O) groups excluding carboxylic acids is 2. The number of likely N-dealkylation sites (N-methyl/N-ethyl adjacent to an activating group) is 1. The zero-order chi connectivity index (χ0) is 16.1. The van der Waals surface area contributed by atoms with E-state index in [4.69, 9.17) is 11.6 Å². The SMILES string of the molecule is CN1c2cccnc2C[C@@H]2C(=O)N(c3ccc(Cl)cc3)C(=O)[C@@H]21. The van der Waals surface area contributed by atoms with Crippen molar-refractivity contribution >= 4 is 34.8 Å². The fourth-order valence-electron chi connectivity index (χ4n) is 3.46. The molecular formula is C17H14ClN3O2. The molecule has 2 amide bonds. The van der Waals surface area contributed by atoms with Crippen molar-refractivity contribution in [3.63, 3.8) is 0 Å². The van der Waals surface area contributed by atoms with Gasteiger partial charge in [0.05, 0.1) is 23.0 Å². The van der Waals surface area contributed by atoms with Crippen LogP contribution < -0.4 is 9.80 Å². The van der Waals surface area contributed by atoms with Crippen molar-refractivity contribution in [3.8, 4) is 0 Å². The molecule has 5 nitrogen and oxygen atoms in total. The van der Waals surface area contributed by atoms with Gasteiger partial charge in [-0.3, -0.25) is 14.6 Å². The van der Waals surface area contributed by atoms with Crippen molar-refractivity contribution in [2.24, 2.45) is 5.92 Å². The number of aromatic nitrogens is 1. The number of fused-ring (bicyclic) bond motifs is 2. The number of amides is 2. The first-order valence-electron chi connectivity index (χ1n) is 7.38. The molecule has 0 N–H and O–H groups in total. The van der Waals surface area contributed by atoms with Crippen LogP contribution in [0.5, 0.6) is 0 Å². The largest absolute Gasteiger partial charge is 0.360 e. The summed E-state index contributed by atoms with van der Waals surface area (Å²) in [6.07, 6.45) is 2.20. The molecule has 23 heavy (non-hydrogen) atoms. The third kappa shape index (κ3) is 2.04. The van der Waals surface area contributed by atoms with E-state index in [1.54, 1.807) is 30.5 Å². The Balaban J connectivity index is 1.76. The van der Waals surface area contributed by atoms with Crippen LogP contribution in [0.25, 0.3) is 0 Å². The lowest BCUT2D eigenvalue weighted by Gasteiger charge is -2.34. The van der Waals surface area contributed by atoms with Crippen molar-refractivity contribution in [1.29, 1.82) is 0 Å². The molecule has 1 aromatic heterocycles. The maximum absolute atomic E-state index is 12.9. The fraction of sp³-hybridized carbons (Fsp3) is 0.235. The van der Waals surface area contributed by atoms with Crippen molar-refractivity contribution in [1.82, 2.24) is 4.98 Å². The van der Waals surface area contributed by atoms with Crippen LogP contribution in [0.15, 0.2) is 42.6 Å². The molecule has 1 saturated heterocycles. The summed E-state index contributed by atoms with van der Waals surface area (Å²) in [4.78, 5) is 33.2. The van der Waals surface area contributed by atoms with Gasteiger partial charge in [-0.15, -0.1) is 0 Å². The molecule has 4 rings (SSSR count). The Kier molecular flexibility index (Phi) is 3.13. The molecule has 2 aliphatic rings. The molecule has 0 saturated carbocycles. The second-order valence-electron chi connectivity index (χ2n) is 5.82. The first-order valence-corrected chi connectivity index (χ1v) is 7.76. The number of anilines is 2. The summed E-state index contributed by atoms with van der Waals surface area (Å²) in [6, 6.07) is 10.0. The minimum absolute atomic E-state index is 0.175. The number of hydrogen-bond acceptors (Lipinski definition) is 4. The molecule has 2 aliphatic heterocycles. The molecule has 1 aromatic carbocycles. The van der Waals surface area contributed by atoms with Crippen LogP contribution in [0.3, 0.4) is 0 Å². The van der Waals surface area contributed by atoms with Gasteiger partial charge in [-0.05, 0) is 36.4 Å². The lowest BCUT2D eigenvalue weighted by atomic mass is 9.90. The predicted molar refractivity (Wildman–Crippen MR) is 87.6 cm³/mol. The summed E-state index contributed by atoms with van der Waals surface area (Å²) < 4.78 is 0. The third-order valence-corrected chi connectivity index (χ3v) is 4.81. The minimum Gasteiger partial charge on any atom is -0.360 e. The van der Waals surface area contributed by atoms with Gasteiger partial charge in [0, 0.05) is 24.7 Å². The smallest absolute Gasteiger partial charge is 0.257 e. The van der Waals surface area contributed by atoms with Crippen molar-refractivity contribution < 1.29 is 9.59 Å². The lowest BCUT2D eigenvalue weighted by molar-refractivity contribution is -0.122. The van der Waals surface area contributed by atoms with E-state index < -0.39 is 12.0 Å². The van der Waals surface area contributed by atoms with Crippen LogP contribution in [0, 0.1) is 5.92 Å². The average molecular weight is 328 g/mol. The molecule has 1 fully saturated rings. The lowest BCUT2D eigenvalue weighted by Crippen LogP contribution is -2.46. The summed E-state index contributed by atoms with van der Waals surface area (Å²) >= 11 is 5.89. The zero-order valence-electron chi connectivity index (χ0n) is 12.4. The molecule has 0 radical (unpaired) electrons. The number of pyridine rings is 1. The second-order valence-corrected chi connectivity index (χ2v) is 6.26. The van der Waals surface area contributed by atoms with E-state index in [9.17, 15) is 9.59 Å². The molecule has 0 unspecified atom stereocenters. The van der Waals surface area contributed by atoms with Gasteiger partial charge in [0.25, 0.3) is 5.91 Å². The highest BCUT2D eigenvalue weighted by Crippen LogP contribution is 2.38. The molecule has 6 heteroatoms. The van der Waals surface area contributed by atoms with Crippen LogP contribution in [0.1, 0.15) is 5.69 Å². The van der Waals surface area contributed by atoms with Crippen molar-refractivity contribution in [3.05, 3.63) is 53.3 Å². The zero-order valence-corrected chi connectivity index (χ0v) is 13.2. The van der Waals surface area contributed by atoms with Crippen LogP contribution in [0.4, 0.5) is 11.4 Å². The Labute approximate surface area is 138 Å². The van der Waals surface area contributed by atoms with E-state index in [1.165, 1.54) is 4.90 Å². The normalized spacial score (nSPS) is 23.0. The van der Waals surface area contributed by atoms with Gasteiger partial charge >= 0.3 is 0 Å². The predicted octanol–water partition coefficient (Wildman–Crippen LogP) is 2.29. The monoisotopic (exact) mass is 327 g/mol. The molecule has 2 aromatic rings. The Morgan fingerprint density at radius 1 is 1.13 bits per heavy atom. The van der Waals surface area contributed by atoms with Crippen LogP contribution in [0.2, 0.25) is 5.02 Å². The van der Waals surface area contributed by atoms with Crippen molar-refractivity contribution in [2.75, 3.05) is 16.8 Å². The number of nitrogens with zero attached hydrogens (tertiary/aromatic N) is 3. The van der Waals surface area contributed by atoms with E-state index in [-0.39, 0.29) is 11.8 Å². The quantitative estimate of drug-likeness (QED) is 0.754. The molecule has 0 spiro atoms. The average Bonchev–Trinajstić information content (AvgIpc) is 2.80. The van der Waals surface area contributed by atoms with Gasteiger partial charge in [0.1, 0.15) is 6.04 Å². The first-order chi connectivity index (χ1) is 11.1. The van der Waals surface area contributed by atoms with Gasteiger partial charge in [-0.25, -0.2) is 4.90 Å². The topological polar surface area (TPSA) is 53.5 Å². The Morgan fingerprint density at radius 3 is 2.61 bits per heavy atom. The molecule has 0 aliphatic carbocycles. The summed E-state index contributed by atoms with van der Waals surface area (Å²) in [6.45, 7) is 0. The van der Waals surface area contributed by atoms with E-state index in [0.29, 0.717) is 17.1 Å². The first kappa shape index (κ1) is 14.2. The summed E-state index contributed by atoms with van der Waals surface area (Å²) in [5, 5.41) is 0.569. The maximum atomic E-state index is 12.9. The second kappa shape index (κ2) is 5.06. The van der Waals surface area contributed by atoms with E-state index in [2.05, 4.69) is 4.98 Å². The number of imide groups is 1. The molecule has 0 bridgehead atoms. The van der Waals surface area contributed by atoms with Gasteiger partial charge in [-0.1, -0.05) is 11.6 Å². The minimum atomic E-state index is -0.477. The van der Waals surface area contributed by atoms with Gasteiger partial charge < -0.3 is 4.90 Å². The molecule has 3 heterocycles. The van der Waals surface area contributed by atoms with Crippen LogP contribution in [-0.2, 0) is 16.0 Å². The fourth-order valence-corrected chi connectivity index (χ4v) is 3.59. The Bertz CT molecular complexity index is 806. The summed E-state index contributed by atoms with van der Waals surface area (Å²) in [7, 11) is 1.84. The number of benzene rings is 1. The molecule has 116 valence electrons. The summed E-state index contributed by atoms with van der Waals surface area (Å²) in [5.74, 6) is -0.768.